The van der Waals surface area contributed by atoms with Gasteiger partial charge in [0.1, 0.15) is 5.75 Å². The van der Waals surface area contributed by atoms with Crippen molar-refractivity contribution in [3.05, 3.63) is 62.7 Å². The van der Waals surface area contributed by atoms with Crippen LogP contribution >= 0.6 is 0 Å². The second-order valence-electron chi connectivity index (χ2n) is 3.61. The molecule has 0 spiro atoms. The highest BCUT2D eigenvalue weighted by atomic mass is 32.2. The summed E-state index contributed by atoms with van der Waals surface area (Å²) in [6, 6.07) is 8.82. The van der Waals surface area contributed by atoms with Crippen LogP contribution in [0.1, 0.15) is 5.56 Å². The van der Waals surface area contributed by atoms with Crippen LogP contribution in [0.3, 0.4) is 0 Å². The molecule has 0 N–H and O–H groups in total. The van der Waals surface area contributed by atoms with Crippen molar-refractivity contribution in [1.29, 1.82) is 0 Å². The maximum absolute atomic E-state index is 11.7. The van der Waals surface area contributed by atoms with E-state index in [2.05, 4.69) is 0 Å². The number of allylic oxidation sites excluding steroid dienone is 1. The average molecular weight is 251 g/mol. The molecule has 5 nitrogen and oxygen atoms in total. The largest absolute Gasteiger partial charge is 0.262 e. The third-order valence-electron chi connectivity index (χ3n) is 2.35. The summed E-state index contributed by atoms with van der Waals surface area (Å²) >= 11 is 0. The van der Waals surface area contributed by atoms with Crippen LogP contribution in [0.15, 0.2) is 47.0 Å². The Balaban J connectivity index is 2.45. The topological polar surface area (TPSA) is 77.3 Å². The second-order valence-corrected chi connectivity index (χ2v) is 5.60. The number of hydrogen-bond donors (Lipinski definition) is 0. The van der Waals surface area contributed by atoms with Gasteiger partial charge in [-0.05, 0) is 11.6 Å². The van der Waals surface area contributed by atoms with E-state index in [0.29, 0.717) is 5.56 Å². The van der Waals surface area contributed by atoms with Gasteiger partial charge in [0.05, 0.1) is 9.83 Å². The standard InChI is InChI=1S/C11H9NO4S/c13-12(14)10-7-11(17(15,16)8-10)6-9-4-2-1-3-5-9/h1-7H,8H2. The van der Waals surface area contributed by atoms with Crippen molar-refractivity contribution >= 4 is 15.9 Å². The first kappa shape index (κ1) is 11.5. The molecule has 0 amide bonds. The van der Waals surface area contributed by atoms with Crippen LogP contribution in [0.5, 0.6) is 0 Å². The molecule has 0 aliphatic carbocycles. The molecule has 1 heterocycles. The van der Waals surface area contributed by atoms with Crippen LogP contribution in [0, 0.1) is 10.1 Å². The first-order chi connectivity index (χ1) is 7.99. The molecule has 1 aliphatic rings. The van der Waals surface area contributed by atoms with Gasteiger partial charge in [-0.15, -0.1) is 0 Å². The smallest absolute Gasteiger partial charge is 0.259 e. The summed E-state index contributed by atoms with van der Waals surface area (Å²) in [4.78, 5) is 9.87. The molecule has 1 aliphatic heterocycles. The highest BCUT2D eigenvalue weighted by Gasteiger charge is 2.32. The molecule has 2 rings (SSSR count). The van der Waals surface area contributed by atoms with E-state index >= 15 is 0 Å². The summed E-state index contributed by atoms with van der Waals surface area (Å²) in [5.41, 5.74) is 0.416. The lowest BCUT2D eigenvalue weighted by Crippen LogP contribution is -2.06. The monoisotopic (exact) mass is 251 g/mol. The molecule has 0 unspecified atom stereocenters. The first-order valence-electron chi connectivity index (χ1n) is 4.83. The maximum Gasteiger partial charge on any atom is 0.262 e. The fraction of sp³-hybridized carbons (Fsp3) is 0.0909. The van der Waals surface area contributed by atoms with E-state index in [1.807, 2.05) is 6.07 Å². The Bertz CT molecular complexity index is 614. The predicted octanol–water partition coefficient (Wildman–Crippen LogP) is 1.62. The minimum absolute atomic E-state index is 0.00426. The fourth-order valence-electron chi connectivity index (χ4n) is 1.52. The van der Waals surface area contributed by atoms with E-state index in [-0.39, 0.29) is 10.6 Å². The summed E-state index contributed by atoms with van der Waals surface area (Å²) in [6.07, 6.45) is 2.55. The van der Waals surface area contributed by atoms with Gasteiger partial charge in [0.2, 0.25) is 0 Å². The molecule has 17 heavy (non-hydrogen) atoms. The lowest BCUT2D eigenvalue weighted by Gasteiger charge is -1.95. The Labute approximate surface area is 98.1 Å². The number of nitrogens with zero attached hydrogens (tertiary/aromatic N) is 1. The molecule has 1 aromatic rings. The molecule has 0 atom stereocenters. The maximum atomic E-state index is 11.7. The molecule has 0 saturated carbocycles. The molecule has 0 aromatic heterocycles. The van der Waals surface area contributed by atoms with E-state index in [1.54, 1.807) is 24.3 Å². The third kappa shape index (κ3) is 2.42. The number of rotatable bonds is 2. The van der Waals surface area contributed by atoms with Crippen LogP contribution in [0.4, 0.5) is 0 Å². The Hall–Kier alpha value is -1.95. The quantitative estimate of drug-likeness (QED) is 0.591. The zero-order valence-corrected chi connectivity index (χ0v) is 9.55. The van der Waals surface area contributed by atoms with Crippen molar-refractivity contribution in [2.24, 2.45) is 0 Å². The van der Waals surface area contributed by atoms with Gasteiger partial charge in [-0.1, -0.05) is 30.3 Å². The van der Waals surface area contributed by atoms with Crippen LogP contribution in [-0.4, -0.2) is 19.1 Å². The van der Waals surface area contributed by atoms with Crippen molar-refractivity contribution < 1.29 is 13.3 Å². The average Bonchev–Trinajstić information content (AvgIpc) is 2.56. The number of sulfone groups is 1. The van der Waals surface area contributed by atoms with Crippen molar-refractivity contribution in [3.8, 4) is 0 Å². The predicted molar refractivity (Wildman–Crippen MR) is 63.3 cm³/mol. The molecule has 0 bridgehead atoms. The zero-order chi connectivity index (χ0) is 12.5. The van der Waals surface area contributed by atoms with E-state index in [4.69, 9.17) is 0 Å². The van der Waals surface area contributed by atoms with Crippen LogP contribution in [-0.2, 0) is 9.84 Å². The van der Waals surface area contributed by atoms with Gasteiger partial charge in [-0.2, -0.15) is 0 Å². The summed E-state index contributed by atoms with van der Waals surface area (Å²) in [6.45, 7) is 0. The molecule has 6 heteroatoms. The molecule has 88 valence electrons. The van der Waals surface area contributed by atoms with E-state index in [9.17, 15) is 18.5 Å². The summed E-state index contributed by atoms with van der Waals surface area (Å²) < 4.78 is 23.3. The SMILES string of the molecule is O=[N+]([O-])C1=CC(=Cc2ccccc2)S(=O)(=O)C1. The van der Waals surface area contributed by atoms with Crippen molar-refractivity contribution in [2.75, 3.05) is 5.75 Å². The first-order valence-corrected chi connectivity index (χ1v) is 6.49. The third-order valence-corrected chi connectivity index (χ3v) is 3.98. The van der Waals surface area contributed by atoms with E-state index in [1.165, 1.54) is 6.08 Å². The van der Waals surface area contributed by atoms with Gasteiger partial charge in [0.25, 0.3) is 5.70 Å². The van der Waals surface area contributed by atoms with Gasteiger partial charge in [0.15, 0.2) is 9.84 Å². The van der Waals surface area contributed by atoms with Crippen molar-refractivity contribution in [1.82, 2.24) is 0 Å². The van der Waals surface area contributed by atoms with E-state index in [0.717, 1.165) is 6.08 Å². The summed E-state index contributed by atoms with van der Waals surface area (Å²) in [5, 5.41) is 10.5. The highest BCUT2D eigenvalue weighted by Crippen LogP contribution is 2.25. The molecule has 1 aromatic carbocycles. The normalized spacial score (nSPS) is 20.2. The fourth-order valence-corrected chi connectivity index (χ4v) is 2.90. The van der Waals surface area contributed by atoms with Gasteiger partial charge < -0.3 is 0 Å². The van der Waals surface area contributed by atoms with Crippen LogP contribution < -0.4 is 0 Å². The van der Waals surface area contributed by atoms with Gasteiger partial charge in [0, 0.05) is 6.08 Å². The van der Waals surface area contributed by atoms with Gasteiger partial charge >= 0.3 is 0 Å². The van der Waals surface area contributed by atoms with Crippen molar-refractivity contribution in [2.45, 2.75) is 0 Å². The molecular formula is C11H9NO4S. The Kier molecular flexibility index (Phi) is 2.81. The minimum Gasteiger partial charge on any atom is -0.259 e. The molecule has 0 saturated heterocycles. The number of nitro groups is 1. The molecule has 0 fully saturated rings. The van der Waals surface area contributed by atoms with Crippen molar-refractivity contribution in [3.63, 3.8) is 0 Å². The number of benzene rings is 1. The number of hydrogen-bond acceptors (Lipinski definition) is 4. The molecule has 0 radical (unpaired) electrons. The Morgan fingerprint density at radius 1 is 1.24 bits per heavy atom. The summed E-state index contributed by atoms with van der Waals surface area (Å²) in [5.74, 6) is -0.529. The highest BCUT2D eigenvalue weighted by molar-refractivity contribution is 7.96. The van der Waals surface area contributed by atoms with Gasteiger partial charge in [-0.3, -0.25) is 10.1 Å². The lowest BCUT2D eigenvalue weighted by molar-refractivity contribution is -0.423. The summed E-state index contributed by atoms with van der Waals surface area (Å²) in [7, 11) is -3.55. The zero-order valence-electron chi connectivity index (χ0n) is 8.74. The second kappa shape index (κ2) is 4.14. The van der Waals surface area contributed by atoms with Crippen LogP contribution in [0.2, 0.25) is 0 Å². The molecular weight excluding hydrogens is 242 g/mol. The Morgan fingerprint density at radius 3 is 2.41 bits per heavy atom. The lowest BCUT2D eigenvalue weighted by atomic mass is 10.2. The van der Waals surface area contributed by atoms with Crippen LogP contribution in [0.25, 0.3) is 6.08 Å². The Morgan fingerprint density at radius 2 is 1.88 bits per heavy atom. The van der Waals surface area contributed by atoms with E-state index < -0.39 is 20.5 Å². The van der Waals surface area contributed by atoms with Gasteiger partial charge in [-0.25, -0.2) is 8.42 Å². The minimum atomic E-state index is -3.55.